The molecule has 1 N–H and O–H groups in total. The van der Waals surface area contributed by atoms with E-state index in [4.69, 9.17) is 11.6 Å². The van der Waals surface area contributed by atoms with Gasteiger partial charge >= 0.3 is 0 Å². The van der Waals surface area contributed by atoms with E-state index in [0.29, 0.717) is 28.1 Å². The number of aromatic nitrogens is 3. The summed E-state index contributed by atoms with van der Waals surface area (Å²) in [7, 11) is 0. The zero-order chi connectivity index (χ0) is 19.5. The number of amides is 1. The minimum absolute atomic E-state index is 0.109. The maximum atomic E-state index is 14.2. The van der Waals surface area contributed by atoms with Crippen molar-refractivity contribution in [3.63, 3.8) is 0 Å². The van der Waals surface area contributed by atoms with Crippen LogP contribution in [0.1, 0.15) is 24.4 Å². The Bertz CT molecular complexity index is 1010. The van der Waals surface area contributed by atoms with Gasteiger partial charge in [0.15, 0.2) is 11.0 Å². The summed E-state index contributed by atoms with van der Waals surface area (Å²) in [4.78, 5) is 12.2. The van der Waals surface area contributed by atoms with Gasteiger partial charge < -0.3 is 5.32 Å². The molecule has 3 aromatic rings. The molecule has 5 nitrogen and oxygen atoms in total. The lowest BCUT2D eigenvalue weighted by Crippen LogP contribution is -2.24. The van der Waals surface area contributed by atoms with Crippen molar-refractivity contribution < 1.29 is 9.18 Å². The fourth-order valence-corrected chi connectivity index (χ4v) is 3.94. The van der Waals surface area contributed by atoms with Gasteiger partial charge in [-0.3, -0.25) is 9.36 Å². The molecule has 1 amide bonds. The molecular weight excluding hydrogens is 399 g/mol. The SMILES string of the molecule is O=C(CSc1nnc(-c2ccccc2F)n1C1CC1)NCc1cccc(Cl)c1. The highest BCUT2D eigenvalue weighted by Crippen LogP contribution is 2.41. The Morgan fingerprint density at radius 1 is 1.21 bits per heavy atom. The first-order chi connectivity index (χ1) is 13.6. The van der Waals surface area contributed by atoms with Crippen LogP contribution in [0.4, 0.5) is 4.39 Å². The molecular formula is C20H18ClFN4OS. The summed E-state index contributed by atoms with van der Waals surface area (Å²) in [6.07, 6.45) is 2.02. The maximum Gasteiger partial charge on any atom is 0.230 e. The van der Waals surface area contributed by atoms with Crippen LogP contribution in [0, 0.1) is 5.82 Å². The highest BCUT2D eigenvalue weighted by atomic mass is 35.5. The van der Waals surface area contributed by atoms with Crippen LogP contribution in [0.2, 0.25) is 5.02 Å². The Labute approximate surface area is 171 Å². The van der Waals surface area contributed by atoms with Gasteiger partial charge in [0, 0.05) is 17.6 Å². The van der Waals surface area contributed by atoms with Gasteiger partial charge in [-0.2, -0.15) is 0 Å². The highest BCUT2D eigenvalue weighted by molar-refractivity contribution is 7.99. The van der Waals surface area contributed by atoms with Gasteiger partial charge in [0.1, 0.15) is 5.82 Å². The van der Waals surface area contributed by atoms with Gasteiger partial charge in [-0.25, -0.2) is 4.39 Å². The molecule has 0 aliphatic heterocycles. The largest absolute Gasteiger partial charge is 0.351 e. The Balaban J connectivity index is 1.42. The van der Waals surface area contributed by atoms with Crippen molar-refractivity contribution in [3.05, 3.63) is 64.9 Å². The minimum atomic E-state index is -0.326. The lowest BCUT2D eigenvalue weighted by Gasteiger charge is -2.09. The molecule has 0 saturated heterocycles. The first kappa shape index (κ1) is 19.0. The van der Waals surface area contributed by atoms with E-state index in [1.54, 1.807) is 24.3 Å². The summed E-state index contributed by atoms with van der Waals surface area (Å²) in [5, 5.41) is 12.6. The Kier molecular flexibility index (Phi) is 5.64. The summed E-state index contributed by atoms with van der Waals surface area (Å²) in [5.41, 5.74) is 1.37. The number of halogens is 2. The van der Waals surface area contributed by atoms with Crippen LogP contribution in [0.25, 0.3) is 11.4 Å². The van der Waals surface area contributed by atoms with Crippen LogP contribution < -0.4 is 5.32 Å². The van der Waals surface area contributed by atoms with Crippen molar-refractivity contribution in [2.45, 2.75) is 30.6 Å². The fourth-order valence-electron chi connectivity index (χ4n) is 2.89. The Hall–Kier alpha value is -2.38. The number of hydrogen-bond acceptors (Lipinski definition) is 4. The summed E-state index contributed by atoms with van der Waals surface area (Å²) < 4.78 is 16.1. The van der Waals surface area contributed by atoms with Crippen LogP contribution in [0.5, 0.6) is 0 Å². The predicted molar refractivity (Wildman–Crippen MR) is 108 cm³/mol. The maximum absolute atomic E-state index is 14.2. The first-order valence-electron chi connectivity index (χ1n) is 8.95. The third kappa shape index (κ3) is 4.36. The number of thioether (sulfide) groups is 1. The van der Waals surface area contributed by atoms with Gasteiger partial charge in [-0.15, -0.1) is 10.2 Å². The van der Waals surface area contributed by atoms with Gasteiger partial charge in [0.25, 0.3) is 0 Å². The quantitative estimate of drug-likeness (QED) is 0.577. The summed E-state index contributed by atoms with van der Waals surface area (Å²) in [5.74, 6) is 0.292. The molecule has 28 heavy (non-hydrogen) atoms. The number of hydrogen-bond donors (Lipinski definition) is 1. The molecule has 0 unspecified atom stereocenters. The van der Waals surface area contributed by atoms with Gasteiger partial charge in [0.2, 0.25) is 5.91 Å². The lowest BCUT2D eigenvalue weighted by atomic mass is 10.2. The third-order valence-corrected chi connectivity index (χ3v) is 5.58. The van der Waals surface area contributed by atoms with E-state index in [2.05, 4.69) is 15.5 Å². The van der Waals surface area contributed by atoms with Crippen LogP contribution in [0.15, 0.2) is 53.7 Å². The number of carbonyl (C=O) groups is 1. The average molecular weight is 417 g/mol. The van der Waals surface area contributed by atoms with Crippen LogP contribution in [-0.2, 0) is 11.3 Å². The molecule has 4 rings (SSSR count). The van der Waals surface area contributed by atoms with Crippen LogP contribution in [-0.4, -0.2) is 26.4 Å². The molecule has 1 heterocycles. The molecule has 1 fully saturated rings. The molecule has 0 radical (unpaired) electrons. The van der Waals surface area contributed by atoms with E-state index >= 15 is 0 Å². The van der Waals surface area contributed by atoms with E-state index < -0.39 is 0 Å². The lowest BCUT2D eigenvalue weighted by molar-refractivity contribution is -0.118. The molecule has 144 valence electrons. The van der Waals surface area contributed by atoms with E-state index in [0.717, 1.165) is 18.4 Å². The second kappa shape index (κ2) is 8.32. The fraction of sp³-hybridized carbons (Fsp3) is 0.250. The van der Waals surface area contributed by atoms with Crippen molar-refractivity contribution in [1.29, 1.82) is 0 Å². The van der Waals surface area contributed by atoms with Gasteiger partial charge in [0.05, 0.1) is 11.3 Å². The van der Waals surface area contributed by atoms with E-state index in [1.807, 2.05) is 22.8 Å². The second-order valence-electron chi connectivity index (χ2n) is 6.58. The number of nitrogens with one attached hydrogen (secondary N) is 1. The van der Waals surface area contributed by atoms with E-state index in [1.165, 1.54) is 17.8 Å². The van der Waals surface area contributed by atoms with Crippen molar-refractivity contribution in [3.8, 4) is 11.4 Å². The summed E-state index contributed by atoms with van der Waals surface area (Å²) in [6.45, 7) is 0.412. The minimum Gasteiger partial charge on any atom is -0.351 e. The molecule has 0 atom stereocenters. The van der Waals surface area contributed by atoms with Crippen molar-refractivity contribution >= 4 is 29.3 Å². The predicted octanol–water partition coefficient (Wildman–Crippen LogP) is 4.48. The third-order valence-electron chi connectivity index (χ3n) is 4.40. The molecule has 2 aromatic carbocycles. The van der Waals surface area contributed by atoms with Crippen molar-refractivity contribution in [1.82, 2.24) is 20.1 Å². The van der Waals surface area contributed by atoms with Crippen molar-refractivity contribution in [2.75, 3.05) is 5.75 Å². The monoisotopic (exact) mass is 416 g/mol. The zero-order valence-electron chi connectivity index (χ0n) is 14.9. The molecule has 1 saturated carbocycles. The Morgan fingerprint density at radius 2 is 2.04 bits per heavy atom. The van der Waals surface area contributed by atoms with Crippen LogP contribution >= 0.6 is 23.4 Å². The average Bonchev–Trinajstić information content (AvgIpc) is 3.44. The molecule has 0 spiro atoms. The number of nitrogens with zero attached hydrogens (tertiary/aromatic N) is 3. The molecule has 8 heteroatoms. The second-order valence-corrected chi connectivity index (χ2v) is 7.96. The normalized spacial score (nSPS) is 13.5. The number of benzene rings is 2. The zero-order valence-corrected chi connectivity index (χ0v) is 16.5. The molecule has 0 bridgehead atoms. The van der Waals surface area contributed by atoms with Crippen molar-refractivity contribution in [2.24, 2.45) is 0 Å². The molecule has 1 aliphatic rings. The summed E-state index contributed by atoms with van der Waals surface area (Å²) in [6, 6.07) is 14.2. The smallest absolute Gasteiger partial charge is 0.230 e. The number of rotatable bonds is 7. The molecule has 1 aliphatic carbocycles. The van der Waals surface area contributed by atoms with Gasteiger partial charge in [-0.05, 0) is 42.7 Å². The first-order valence-corrected chi connectivity index (χ1v) is 10.3. The van der Waals surface area contributed by atoms with E-state index in [9.17, 15) is 9.18 Å². The standard InChI is InChI=1S/C20H18ClFN4OS/c21-14-5-3-4-13(10-14)11-23-18(27)12-28-20-25-24-19(26(20)15-8-9-15)16-6-1-2-7-17(16)22/h1-7,10,15H,8-9,11-12H2,(H,23,27). The van der Waals surface area contributed by atoms with E-state index in [-0.39, 0.29) is 23.5 Å². The summed E-state index contributed by atoms with van der Waals surface area (Å²) >= 11 is 7.27. The van der Waals surface area contributed by atoms with Crippen LogP contribution in [0.3, 0.4) is 0 Å². The molecule has 1 aromatic heterocycles. The Morgan fingerprint density at radius 3 is 2.79 bits per heavy atom. The number of carbonyl (C=O) groups excluding carboxylic acids is 1. The topological polar surface area (TPSA) is 59.8 Å². The van der Waals surface area contributed by atoms with Gasteiger partial charge in [-0.1, -0.05) is 47.6 Å². The highest BCUT2D eigenvalue weighted by Gasteiger charge is 2.31.